The van der Waals surface area contributed by atoms with Crippen LogP contribution in [-0.4, -0.2) is 0 Å². The van der Waals surface area contributed by atoms with Gasteiger partial charge in [0.05, 0.1) is 0 Å². The van der Waals surface area contributed by atoms with Crippen molar-refractivity contribution in [3.8, 4) is 0 Å². The van der Waals surface area contributed by atoms with Gasteiger partial charge < -0.3 is 0 Å². The van der Waals surface area contributed by atoms with E-state index in [1.807, 2.05) is 0 Å². The Morgan fingerprint density at radius 1 is 1.00 bits per heavy atom. The third-order valence-corrected chi connectivity index (χ3v) is 4.75. The quantitative estimate of drug-likeness (QED) is 0.478. The minimum absolute atomic E-state index is 0.360. The Bertz CT molecular complexity index is 267. The first-order chi connectivity index (χ1) is 5.43. The Balaban J connectivity index is 2.63. The Kier molecular flexibility index (Phi) is 1.26. The molecular weight excluding hydrogens is 144 g/mol. The first kappa shape index (κ1) is 8.10. The Labute approximate surface area is 75.4 Å². The molecule has 0 aromatic rings. The molecule has 2 bridgehead atoms. The van der Waals surface area contributed by atoms with Gasteiger partial charge in [-0.1, -0.05) is 44.1 Å². The van der Waals surface area contributed by atoms with E-state index in [-0.39, 0.29) is 0 Å². The van der Waals surface area contributed by atoms with Crippen LogP contribution in [0.2, 0.25) is 0 Å². The fraction of sp³-hybridized carbons (Fsp3) is 0.667. The highest BCUT2D eigenvalue weighted by Gasteiger charge is 2.53. The molecule has 2 rings (SSSR count). The molecule has 0 aromatic carbocycles. The topological polar surface area (TPSA) is 0 Å². The van der Waals surface area contributed by atoms with E-state index in [4.69, 9.17) is 0 Å². The lowest BCUT2D eigenvalue weighted by Crippen LogP contribution is -2.23. The third kappa shape index (κ3) is 0.573. The summed E-state index contributed by atoms with van der Waals surface area (Å²) < 4.78 is 0. The van der Waals surface area contributed by atoms with Gasteiger partial charge in [-0.2, -0.15) is 0 Å². The molecular formula is C12H18. The molecule has 2 aliphatic rings. The highest BCUT2D eigenvalue weighted by molar-refractivity contribution is 5.46. The molecule has 0 saturated carbocycles. The van der Waals surface area contributed by atoms with Gasteiger partial charge >= 0.3 is 0 Å². The van der Waals surface area contributed by atoms with Gasteiger partial charge in [0, 0.05) is 10.8 Å². The van der Waals surface area contributed by atoms with Crippen LogP contribution in [0.4, 0.5) is 0 Å². The summed E-state index contributed by atoms with van der Waals surface area (Å²) in [4.78, 5) is 0. The normalized spacial score (nSPS) is 50.9. The molecule has 2 unspecified atom stereocenters. The zero-order valence-electron chi connectivity index (χ0n) is 8.73. The number of fused-ring (bicyclic) bond motifs is 2. The van der Waals surface area contributed by atoms with Gasteiger partial charge in [0.2, 0.25) is 0 Å². The Morgan fingerprint density at radius 3 is 1.50 bits per heavy atom. The van der Waals surface area contributed by atoms with Crippen molar-refractivity contribution >= 4 is 0 Å². The summed E-state index contributed by atoms with van der Waals surface area (Å²) >= 11 is 0. The van der Waals surface area contributed by atoms with E-state index >= 15 is 0 Å². The van der Waals surface area contributed by atoms with Crippen LogP contribution in [0.3, 0.4) is 0 Å². The van der Waals surface area contributed by atoms with E-state index in [0.29, 0.717) is 10.8 Å². The zero-order valence-corrected chi connectivity index (χ0v) is 8.73. The largest absolute Gasteiger partial charge is 0.0774 e. The molecule has 0 amide bonds. The van der Waals surface area contributed by atoms with Crippen molar-refractivity contribution in [3.63, 3.8) is 0 Å². The molecule has 0 heterocycles. The summed E-state index contributed by atoms with van der Waals surface area (Å²) in [5, 5.41) is 0. The lowest BCUT2D eigenvalue weighted by Gasteiger charge is -2.28. The lowest BCUT2D eigenvalue weighted by molar-refractivity contribution is 0.276. The molecule has 0 radical (unpaired) electrons. The van der Waals surface area contributed by atoms with Crippen LogP contribution >= 0.6 is 0 Å². The second-order valence-corrected chi connectivity index (χ2v) is 4.87. The van der Waals surface area contributed by atoms with Gasteiger partial charge in [0.25, 0.3) is 0 Å². The fourth-order valence-corrected chi connectivity index (χ4v) is 2.97. The van der Waals surface area contributed by atoms with Crippen LogP contribution in [0.25, 0.3) is 0 Å². The maximum absolute atomic E-state index is 2.40. The third-order valence-electron chi connectivity index (χ3n) is 4.75. The van der Waals surface area contributed by atoms with Gasteiger partial charge in [-0.25, -0.2) is 0 Å². The van der Waals surface area contributed by atoms with Crippen molar-refractivity contribution < 1.29 is 0 Å². The van der Waals surface area contributed by atoms with Crippen LogP contribution < -0.4 is 0 Å². The van der Waals surface area contributed by atoms with E-state index in [0.717, 1.165) is 5.92 Å². The first-order valence-corrected chi connectivity index (χ1v) is 4.82. The number of hydrogen-bond acceptors (Lipinski definition) is 0. The molecule has 0 nitrogen and oxygen atoms in total. The van der Waals surface area contributed by atoms with Gasteiger partial charge in [0.1, 0.15) is 0 Å². The Morgan fingerprint density at radius 2 is 1.33 bits per heavy atom. The molecule has 0 fully saturated rings. The summed E-state index contributed by atoms with van der Waals surface area (Å²) in [6.07, 6.45) is 4.81. The molecule has 0 N–H and O–H groups in total. The first-order valence-electron chi connectivity index (χ1n) is 4.82. The summed E-state index contributed by atoms with van der Waals surface area (Å²) in [5.74, 6) is 0.755. The SMILES string of the molecule is CC1=C(C)C2(C)C=CC1(C)C2C. The summed E-state index contributed by atoms with van der Waals surface area (Å²) in [6, 6.07) is 0. The average Bonchev–Trinajstić information content (AvgIpc) is 2.33. The number of hydrogen-bond donors (Lipinski definition) is 0. The van der Waals surface area contributed by atoms with E-state index in [9.17, 15) is 0 Å². The maximum Gasteiger partial charge on any atom is 0.00997 e. The highest BCUT2D eigenvalue weighted by Crippen LogP contribution is 2.62. The second kappa shape index (κ2) is 1.86. The molecule has 66 valence electrons. The van der Waals surface area contributed by atoms with E-state index in [1.165, 1.54) is 0 Å². The Hall–Kier alpha value is -0.520. The van der Waals surface area contributed by atoms with Crippen LogP contribution in [0.5, 0.6) is 0 Å². The predicted molar refractivity (Wildman–Crippen MR) is 52.9 cm³/mol. The molecule has 0 spiro atoms. The maximum atomic E-state index is 2.40. The monoisotopic (exact) mass is 162 g/mol. The van der Waals surface area contributed by atoms with Crippen LogP contribution in [0.1, 0.15) is 34.6 Å². The molecule has 0 aliphatic heterocycles. The van der Waals surface area contributed by atoms with E-state index in [1.54, 1.807) is 11.1 Å². The fourth-order valence-electron chi connectivity index (χ4n) is 2.97. The summed E-state index contributed by atoms with van der Waals surface area (Å²) in [6.45, 7) is 11.7. The van der Waals surface area contributed by atoms with Gasteiger partial charge in [-0.05, 0) is 19.8 Å². The standard InChI is InChI=1S/C12H18/c1-8-9(2)12(5)7-6-11(8,4)10(12)3/h6-7,10H,1-5H3. The van der Waals surface area contributed by atoms with Crippen molar-refractivity contribution in [1.82, 2.24) is 0 Å². The van der Waals surface area contributed by atoms with Crippen molar-refractivity contribution in [2.24, 2.45) is 16.7 Å². The van der Waals surface area contributed by atoms with Gasteiger partial charge in [0.15, 0.2) is 0 Å². The molecule has 12 heavy (non-hydrogen) atoms. The van der Waals surface area contributed by atoms with E-state index in [2.05, 4.69) is 46.8 Å². The van der Waals surface area contributed by atoms with Crippen molar-refractivity contribution in [2.75, 3.05) is 0 Å². The van der Waals surface area contributed by atoms with Gasteiger partial charge in [-0.3, -0.25) is 0 Å². The van der Waals surface area contributed by atoms with E-state index < -0.39 is 0 Å². The molecule has 2 atom stereocenters. The summed E-state index contributed by atoms with van der Waals surface area (Å²) in [7, 11) is 0. The number of allylic oxidation sites excluding steroid dienone is 4. The second-order valence-electron chi connectivity index (χ2n) is 4.87. The molecule has 0 saturated heterocycles. The predicted octanol–water partition coefficient (Wildman–Crippen LogP) is 3.55. The molecule has 0 aromatic heterocycles. The average molecular weight is 162 g/mol. The minimum atomic E-state index is 0.360. The smallest absolute Gasteiger partial charge is 0.00997 e. The molecule has 0 heteroatoms. The highest BCUT2D eigenvalue weighted by atomic mass is 14.6. The van der Waals surface area contributed by atoms with Crippen molar-refractivity contribution in [1.29, 1.82) is 0 Å². The molecule has 2 aliphatic carbocycles. The lowest BCUT2D eigenvalue weighted by atomic mass is 9.75. The van der Waals surface area contributed by atoms with Crippen LogP contribution in [-0.2, 0) is 0 Å². The van der Waals surface area contributed by atoms with Crippen LogP contribution in [0, 0.1) is 16.7 Å². The number of rotatable bonds is 0. The minimum Gasteiger partial charge on any atom is -0.0774 e. The van der Waals surface area contributed by atoms with Crippen LogP contribution in [0.15, 0.2) is 23.3 Å². The summed E-state index contributed by atoms with van der Waals surface area (Å²) in [5.41, 5.74) is 3.91. The van der Waals surface area contributed by atoms with Crippen molar-refractivity contribution in [3.05, 3.63) is 23.3 Å². The zero-order chi connectivity index (χ0) is 9.15. The van der Waals surface area contributed by atoms with Gasteiger partial charge in [-0.15, -0.1) is 0 Å². The van der Waals surface area contributed by atoms with Crippen molar-refractivity contribution in [2.45, 2.75) is 34.6 Å².